The van der Waals surface area contributed by atoms with Gasteiger partial charge in [-0.05, 0) is 38.8 Å². The van der Waals surface area contributed by atoms with Gasteiger partial charge in [-0.15, -0.1) is 0 Å². The van der Waals surface area contributed by atoms with Crippen LogP contribution in [0.2, 0.25) is 0 Å². The van der Waals surface area contributed by atoms with E-state index in [0.29, 0.717) is 17.0 Å². The van der Waals surface area contributed by atoms with Crippen LogP contribution in [0.25, 0.3) is 5.52 Å². The summed E-state index contributed by atoms with van der Waals surface area (Å²) in [4.78, 5) is 16.0. The second-order valence-corrected chi connectivity index (χ2v) is 7.62. The number of ether oxygens (including phenoxy) is 2. The summed E-state index contributed by atoms with van der Waals surface area (Å²) in [6.07, 6.45) is -0.368. The Morgan fingerprint density at radius 2 is 2.15 bits per heavy atom. The first-order valence-corrected chi connectivity index (χ1v) is 8.54. The lowest BCUT2D eigenvalue weighted by molar-refractivity contribution is -0.164. The fourth-order valence-corrected chi connectivity index (χ4v) is 3.27. The topological polar surface area (TPSA) is 132 Å². The number of aromatic nitrogens is 3. The Hall–Kier alpha value is -2.23. The average Bonchev–Trinajstić information content (AvgIpc) is 3.15. The number of esters is 1. The number of nitrogens with two attached hydrogens (primary N) is 1. The number of nitrogens with zero attached hydrogens (tertiary/aromatic N) is 3. The number of aliphatic hydroxyl groups is 2. The molecule has 4 atom stereocenters. The molecule has 0 unspecified atom stereocenters. The maximum atomic E-state index is 12.1. The van der Waals surface area contributed by atoms with Crippen molar-refractivity contribution in [2.45, 2.75) is 50.6 Å². The van der Waals surface area contributed by atoms with Crippen LogP contribution in [0.1, 0.15) is 38.5 Å². The molecular formula is C17H22N4O5. The van der Waals surface area contributed by atoms with Crippen molar-refractivity contribution in [1.82, 2.24) is 14.6 Å². The highest BCUT2D eigenvalue weighted by atomic mass is 16.6. The van der Waals surface area contributed by atoms with Crippen molar-refractivity contribution in [3.8, 4) is 0 Å². The Morgan fingerprint density at radius 3 is 2.85 bits per heavy atom. The fourth-order valence-electron chi connectivity index (χ4n) is 3.27. The molecule has 4 N–H and O–H groups in total. The minimum absolute atomic E-state index is 0.142. The molecule has 0 radical (unpaired) electrons. The van der Waals surface area contributed by atoms with E-state index in [-0.39, 0.29) is 12.6 Å². The van der Waals surface area contributed by atoms with Crippen LogP contribution in [-0.2, 0) is 14.3 Å². The maximum Gasteiger partial charge on any atom is 0.311 e. The van der Waals surface area contributed by atoms with Gasteiger partial charge in [0.15, 0.2) is 5.82 Å². The van der Waals surface area contributed by atoms with E-state index in [1.54, 1.807) is 19.1 Å². The SMILES string of the molecule is CC1(C(=O)OC[C@@]2(C)O[C@@H](c3ccc4c(N)ncnn34)[C@H](O)[C@@H]2O)CC1. The molecule has 0 amide bonds. The molecule has 9 heteroatoms. The Morgan fingerprint density at radius 1 is 1.42 bits per heavy atom. The Labute approximate surface area is 149 Å². The number of carbonyl (C=O) groups excluding carboxylic acids is 1. The van der Waals surface area contributed by atoms with Gasteiger partial charge in [-0.25, -0.2) is 9.50 Å². The molecular weight excluding hydrogens is 340 g/mol. The standard InChI is InChI=1S/C17H22N4O5/c1-16(5-6-16)15(24)25-7-17(2)13(23)11(22)12(26-17)9-3-4-10-14(18)19-8-20-21(9)10/h3-4,8,11-13,22-23H,5-7H2,1-2H3,(H2,18,19,20)/t11-,12-,13-,17+/m0/s1. The normalized spacial score (nSPS) is 32.7. The number of hydrogen-bond donors (Lipinski definition) is 3. The van der Waals surface area contributed by atoms with Gasteiger partial charge in [-0.2, -0.15) is 5.10 Å². The monoisotopic (exact) mass is 362 g/mol. The van der Waals surface area contributed by atoms with E-state index in [2.05, 4.69) is 10.1 Å². The number of fused-ring (bicyclic) bond motifs is 1. The van der Waals surface area contributed by atoms with Gasteiger partial charge in [-0.1, -0.05) is 0 Å². The molecule has 2 aliphatic rings. The molecule has 1 saturated heterocycles. The quantitative estimate of drug-likeness (QED) is 0.658. The summed E-state index contributed by atoms with van der Waals surface area (Å²) in [6, 6.07) is 3.43. The van der Waals surface area contributed by atoms with Crippen molar-refractivity contribution in [3.05, 3.63) is 24.2 Å². The van der Waals surface area contributed by atoms with Gasteiger partial charge in [0.2, 0.25) is 0 Å². The summed E-state index contributed by atoms with van der Waals surface area (Å²) in [5.74, 6) is -0.00484. The molecule has 26 heavy (non-hydrogen) atoms. The number of nitrogen functional groups attached to an aromatic ring is 1. The molecule has 9 nitrogen and oxygen atoms in total. The van der Waals surface area contributed by atoms with E-state index in [0.717, 1.165) is 12.8 Å². The van der Waals surface area contributed by atoms with Crippen LogP contribution in [0.4, 0.5) is 5.82 Å². The van der Waals surface area contributed by atoms with Crippen molar-refractivity contribution in [2.75, 3.05) is 12.3 Å². The van der Waals surface area contributed by atoms with Crippen molar-refractivity contribution >= 4 is 17.3 Å². The molecule has 0 bridgehead atoms. The van der Waals surface area contributed by atoms with Gasteiger partial charge in [0.1, 0.15) is 42.4 Å². The second kappa shape index (κ2) is 5.63. The van der Waals surface area contributed by atoms with Crippen LogP contribution in [0, 0.1) is 5.41 Å². The predicted molar refractivity (Wildman–Crippen MR) is 89.9 cm³/mol. The molecule has 2 aromatic heterocycles. The van der Waals surface area contributed by atoms with Gasteiger partial charge in [0.25, 0.3) is 0 Å². The highest BCUT2D eigenvalue weighted by Crippen LogP contribution is 2.47. The van der Waals surface area contributed by atoms with Gasteiger partial charge >= 0.3 is 5.97 Å². The summed E-state index contributed by atoms with van der Waals surface area (Å²) in [6.45, 7) is 3.32. The molecule has 1 saturated carbocycles. The van der Waals surface area contributed by atoms with Gasteiger partial charge < -0.3 is 25.4 Å². The van der Waals surface area contributed by atoms with Crippen molar-refractivity contribution in [2.24, 2.45) is 5.41 Å². The van der Waals surface area contributed by atoms with Crippen molar-refractivity contribution < 1.29 is 24.5 Å². The van der Waals surface area contributed by atoms with Gasteiger partial charge in [0, 0.05) is 0 Å². The van der Waals surface area contributed by atoms with Crippen molar-refractivity contribution in [3.63, 3.8) is 0 Å². The Kier molecular flexibility index (Phi) is 3.73. The third-order valence-electron chi connectivity index (χ3n) is 5.44. The molecule has 0 spiro atoms. The summed E-state index contributed by atoms with van der Waals surface area (Å²) in [5, 5.41) is 25.2. The molecule has 2 aromatic rings. The zero-order valence-electron chi connectivity index (χ0n) is 14.6. The molecule has 4 rings (SSSR count). The third kappa shape index (κ3) is 2.54. The van der Waals surface area contributed by atoms with Crippen LogP contribution in [0.3, 0.4) is 0 Å². The van der Waals surface area contributed by atoms with E-state index in [9.17, 15) is 15.0 Å². The largest absolute Gasteiger partial charge is 0.462 e. The lowest BCUT2D eigenvalue weighted by Crippen LogP contribution is -2.45. The van der Waals surface area contributed by atoms with E-state index < -0.39 is 29.3 Å². The van der Waals surface area contributed by atoms with Crippen LogP contribution >= 0.6 is 0 Å². The highest BCUT2D eigenvalue weighted by molar-refractivity contribution is 5.79. The first kappa shape index (κ1) is 17.2. The number of hydrogen-bond acceptors (Lipinski definition) is 8. The summed E-state index contributed by atoms with van der Waals surface area (Å²) < 4.78 is 12.8. The number of rotatable bonds is 4. The van der Waals surface area contributed by atoms with E-state index in [4.69, 9.17) is 15.2 Å². The average molecular weight is 362 g/mol. The Balaban J connectivity index is 1.57. The molecule has 1 aliphatic heterocycles. The van der Waals surface area contributed by atoms with Crippen LogP contribution in [0.5, 0.6) is 0 Å². The smallest absolute Gasteiger partial charge is 0.311 e. The molecule has 3 heterocycles. The third-order valence-corrected chi connectivity index (χ3v) is 5.44. The minimum Gasteiger partial charge on any atom is -0.462 e. The molecule has 140 valence electrons. The first-order chi connectivity index (χ1) is 12.3. The van der Waals surface area contributed by atoms with Gasteiger partial charge in [-0.3, -0.25) is 4.79 Å². The van der Waals surface area contributed by atoms with E-state index >= 15 is 0 Å². The molecule has 2 fully saturated rings. The second-order valence-electron chi connectivity index (χ2n) is 7.62. The lowest BCUT2D eigenvalue weighted by Gasteiger charge is -2.27. The molecule has 0 aromatic carbocycles. The number of anilines is 1. The zero-order chi connectivity index (χ0) is 18.7. The summed E-state index contributed by atoms with van der Waals surface area (Å²) >= 11 is 0. The maximum absolute atomic E-state index is 12.1. The van der Waals surface area contributed by atoms with Crippen LogP contribution in [-0.4, -0.2) is 55.2 Å². The van der Waals surface area contributed by atoms with E-state index in [1.807, 2.05) is 6.92 Å². The summed E-state index contributed by atoms with van der Waals surface area (Å²) in [5.41, 5.74) is 5.28. The molecule has 1 aliphatic carbocycles. The van der Waals surface area contributed by atoms with Crippen LogP contribution < -0.4 is 5.73 Å². The van der Waals surface area contributed by atoms with Crippen LogP contribution in [0.15, 0.2) is 18.5 Å². The Bertz CT molecular complexity index is 864. The fraction of sp³-hybridized carbons (Fsp3) is 0.588. The van der Waals surface area contributed by atoms with Crippen molar-refractivity contribution in [1.29, 1.82) is 0 Å². The number of carbonyl (C=O) groups is 1. The minimum atomic E-state index is -1.23. The number of aliphatic hydroxyl groups excluding tert-OH is 2. The zero-order valence-corrected chi connectivity index (χ0v) is 14.6. The predicted octanol–water partition coefficient (Wildman–Crippen LogP) is 0.207. The van der Waals surface area contributed by atoms with E-state index in [1.165, 1.54) is 10.8 Å². The highest BCUT2D eigenvalue weighted by Gasteiger charge is 2.54. The lowest BCUT2D eigenvalue weighted by atomic mass is 9.96. The first-order valence-electron chi connectivity index (χ1n) is 8.54. The van der Waals surface area contributed by atoms with Gasteiger partial charge in [0.05, 0.1) is 11.1 Å². The summed E-state index contributed by atoms with van der Waals surface area (Å²) in [7, 11) is 0.